The minimum atomic E-state index is -0.185. The first-order chi connectivity index (χ1) is 13.1. The van der Waals surface area contributed by atoms with E-state index in [9.17, 15) is 4.79 Å². The van der Waals surface area contributed by atoms with Gasteiger partial charge in [0.1, 0.15) is 24.5 Å². The first kappa shape index (κ1) is 18.4. The second-order valence-electron chi connectivity index (χ2n) is 6.23. The summed E-state index contributed by atoms with van der Waals surface area (Å²) in [6.45, 7) is 3.40. The van der Waals surface area contributed by atoms with Crippen molar-refractivity contribution in [1.82, 2.24) is 4.90 Å². The summed E-state index contributed by atoms with van der Waals surface area (Å²) in [4.78, 5) is 22.4. The Balaban J connectivity index is 1.76. The zero-order valence-corrected chi connectivity index (χ0v) is 15.5. The van der Waals surface area contributed by atoms with Gasteiger partial charge in [-0.05, 0) is 30.7 Å². The smallest absolute Gasteiger partial charge is 0.322 e. The molecule has 0 aliphatic carbocycles. The van der Waals surface area contributed by atoms with Crippen molar-refractivity contribution < 1.29 is 9.53 Å². The number of amides is 2. The third-order valence-corrected chi connectivity index (χ3v) is 4.32. The van der Waals surface area contributed by atoms with Gasteiger partial charge in [-0.25, -0.2) is 9.79 Å². The van der Waals surface area contributed by atoms with E-state index in [4.69, 9.17) is 10.5 Å². The van der Waals surface area contributed by atoms with E-state index < -0.39 is 0 Å². The summed E-state index contributed by atoms with van der Waals surface area (Å²) in [7, 11) is 1.63. The minimum absolute atomic E-state index is 0.185. The second-order valence-corrected chi connectivity index (χ2v) is 6.23. The fourth-order valence-corrected chi connectivity index (χ4v) is 2.87. The van der Waals surface area contributed by atoms with Crippen LogP contribution in [0.2, 0.25) is 0 Å². The topological polar surface area (TPSA) is 92.3 Å². The number of hydrogen-bond donors (Lipinski definition) is 2. The van der Waals surface area contributed by atoms with Crippen molar-refractivity contribution in [3.63, 3.8) is 0 Å². The predicted molar refractivity (Wildman–Crippen MR) is 108 cm³/mol. The Morgan fingerprint density at radius 3 is 2.93 bits per heavy atom. The van der Waals surface area contributed by atoms with Gasteiger partial charge in [-0.15, -0.1) is 0 Å². The first-order valence-electron chi connectivity index (χ1n) is 8.70. The van der Waals surface area contributed by atoms with E-state index in [0.29, 0.717) is 31.2 Å². The molecule has 0 atom stereocenters. The van der Waals surface area contributed by atoms with E-state index in [1.165, 1.54) is 6.34 Å². The molecule has 7 heteroatoms. The van der Waals surface area contributed by atoms with Crippen LogP contribution in [0.5, 0.6) is 5.75 Å². The molecule has 0 saturated heterocycles. The highest BCUT2D eigenvalue weighted by Gasteiger charge is 2.20. The number of rotatable bonds is 3. The molecule has 0 radical (unpaired) electrons. The van der Waals surface area contributed by atoms with Crippen LogP contribution in [0.4, 0.5) is 10.5 Å². The lowest BCUT2D eigenvalue weighted by Gasteiger charge is -2.21. The number of hydrogen-bond acceptors (Lipinski definition) is 3. The summed E-state index contributed by atoms with van der Waals surface area (Å²) in [5, 5.41) is 2.94. The molecule has 0 saturated carbocycles. The summed E-state index contributed by atoms with van der Waals surface area (Å²) in [6, 6.07) is 13.1. The summed E-state index contributed by atoms with van der Waals surface area (Å²) in [5.74, 6) is 1.18. The fraction of sp³-hybridized carbons (Fsp3) is 0.250. The molecule has 1 aliphatic heterocycles. The number of aryl methyl sites for hydroxylation is 1. The lowest BCUT2D eigenvalue weighted by Crippen LogP contribution is -2.36. The molecule has 140 valence electrons. The molecule has 3 rings (SSSR count). The number of benzene rings is 2. The first-order valence-corrected chi connectivity index (χ1v) is 8.70. The predicted octanol–water partition coefficient (Wildman–Crippen LogP) is 2.78. The van der Waals surface area contributed by atoms with Gasteiger partial charge in [0.15, 0.2) is 0 Å². The number of carbonyl (C=O) groups is 1. The van der Waals surface area contributed by atoms with Crippen LogP contribution in [-0.4, -0.2) is 43.3 Å². The number of aliphatic imine (C=N–C) groups is 2. The molecule has 1 heterocycles. The Labute approximate surface area is 158 Å². The molecule has 0 bridgehead atoms. The molecule has 2 aromatic rings. The van der Waals surface area contributed by atoms with Crippen molar-refractivity contribution in [1.29, 1.82) is 0 Å². The van der Waals surface area contributed by atoms with Gasteiger partial charge in [-0.3, -0.25) is 4.99 Å². The van der Waals surface area contributed by atoms with Gasteiger partial charge < -0.3 is 20.7 Å². The van der Waals surface area contributed by atoms with E-state index >= 15 is 0 Å². The lowest BCUT2D eigenvalue weighted by atomic mass is 10.1. The molecule has 27 heavy (non-hydrogen) atoms. The highest BCUT2D eigenvalue weighted by atomic mass is 16.5. The van der Waals surface area contributed by atoms with Gasteiger partial charge in [0, 0.05) is 23.9 Å². The summed E-state index contributed by atoms with van der Waals surface area (Å²) in [6.07, 6.45) is 1.40. The number of urea groups is 1. The molecule has 0 unspecified atom stereocenters. The van der Waals surface area contributed by atoms with Gasteiger partial charge in [0.2, 0.25) is 0 Å². The number of ether oxygens (including phenoxy) is 1. The molecule has 1 aliphatic rings. The summed E-state index contributed by atoms with van der Waals surface area (Å²) >= 11 is 0. The molecule has 0 fully saturated rings. The van der Waals surface area contributed by atoms with E-state index in [1.54, 1.807) is 11.9 Å². The Morgan fingerprint density at radius 2 is 2.11 bits per heavy atom. The Morgan fingerprint density at radius 1 is 1.30 bits per heavy atom. The van der Waals surface area contributed by atoms with Crippen molar-refractivity contribution in [2.75, 3.05) is 25.5 Å². The molecule has 2 aromatic carbocycles. The normalized spacial score (nSPS) is 14.4. The van der Waals surface area contributed by atoms with E-state index in [-0.39, 0.29) is 6.03 Å². The average molecular weight is 365 g/mol. The zero-order chi connectivity index (χ0) is 19.2. The zero-order valence-electron chi connectivity index (χ0n) is 15.5. The quantitative estimate of drug-likeness (QED) is 0.647. The van der Waals surface area contributed by atoms with Gasteiger partial charge in [0.05, 0.1) is 13.1 Å². The van der Waals surface area contributed by atoms with Crippen molar-refractivity contribution in [2.45, 2.75) is 13.5 Å². The number of anilines is 1. The minimum Gasteiger partial charge on any atom is -0.491 e. The maximum absolute atomic E-state index is 12.7. The monoisotopic (exact) mass is 365 g/mol. The van der Waals surface area contributed by atoms with Crippen molar-refractivity contribution in [3.8, 4) is 5.75 Å². The van der Waals surface area contributed by atoms with Crippen LogP contribution in [-0.2, 0) is 6.54 Å². The highest BCUT2D eigenvalue weighted by Crippen LogP contribution is 2.23. The number of nitrogens with two attached hydrogens (primary N) is 1. The van der Waals surface area contributed by atoms with Crippen molar-refractivity contribution in [3.05, 3.63) is 59.2 Å². The number of nitrogens with one attached hydrogen (secondary N) is 1. The Bertz CT molecular complexity index is 892. The number of para-hydroxylation sites is 1. The van der Waals surface area contributed by atoms with Crippen LogP contribution >= 0.6 is 0 Å². The van der Waals surface area contributed by atoms with Gasteiger partial charge in [-0.1, -0.05) is 24.3 Å². The second kappa shape index (κ2) is 8.35. The number of fused-ring (bicyclic) bond motifs is 1. The van der Waals surface area contributed by atoms with E-state index in [1.807, 2.05) is 49.4 Å². The lowest BCUT2D eigenvalue weighted by molar-refractivity contribution is 0.200. The molecular weight excluding hydrogens is 342 g/mol. The summed E-state index contributed by atoms with van der Waals surface area (Å²) in [5.41, 5.74) is 9.40. The SMILES string of the molecule is CN=CN=C(N)c1cc(NC(=O)N2CCOc3ccccc3C2)ccc1C. The molecule has 3 N–H and O–H groups in total. The maximum atomic E-state index is 12.7. The van der Waals surface area contributed by atoms with Crippen LogP contribution in [0.25, 0.3) is 0 Å². The van der Waals surface area contributed by atoms with Crippen LogP contribution in [0, 0.1) is 6.92 Å². The van der Waals surface area contributed by atoms with Crippen molar-refractivity contribution in [2.24, 2.45) is 15.7 Å². The number of nitrogens with zero attached hydrogens (tertiary/aromatic N) is 3. The number of carbonyl (C=O) groups excluding carboxylic acids is 1. The largest absolute Gasteiger partial charge is 0.491 e. The maximum Gasteiger partial charge on any atom is 0.322 e. The molecule has 0 spiro atoms. The summed E-state index contributed by atoms with van der Waals surface area (Å²) < 4.78 is 5.72. The van der Waals surface area contributed by atoms with Crippen LogP contribution in [0.3, 0.4) is 0 Å². The van der Waals surface area contributed by atoms with E-state index in [0.717, 1.165) is 22.4 Å². The standard InChI is InChI=1S/C20H23N5O2/c1-14-7-8-16(11-17(14)19(21)23-13-22-2)24-20(26)25-9-10-27-18-6-4-3-5-15(18)12-25/h3-8,11,13H,9-10,12H2,1-2H3,(H,24,26)(H2,21,22,23). The van der Waals surface area contributed by atoms with Crippen LogP contribution < -0.4 is 15.8 Å². The average Bonchev–Trinajstić information content (AvgIpc) is 2.90. The Hall–Kier alpha value is -3.35. The van der Waals surface area contributed by atoms with Crippen LogP contribution in [0.15, 0.2) is 52.4 Å². The molecular formula is C20H23N5O2. The third kappa shape index (κ3) is 4.44. The van der Waals surface area contributed by atoms with Crippen LogP contribution in [0.1, 0.15) is 16.7 Å². The van der Waals surface area contributed by atoms with Gasteiger partial charge >= 0.3 is 6.03 Å². The fourth-order valence-electron chi connectivity index (χ4n) is 2.87. The van der Waals surface area contributed by atoms with Gasteiger partial charge in [0.25, 0.3) is 0 Å². The van der Waals surface area contributed by atoms with E-state index in [2.05, 4.69) is 15.3 Å². The Kier molecular flexibility index (Phi) is 5.71. The molecule has 0 aromatic heterocycles. The molecule has 2 amide bonds. The van der Waals surface area contributed by atoms with Gasteiger partial charge in [-0.2, -0.15) is 0 Å². The van der Waals surface area contributed by atoms with Crippen molar-refractivity contribution >= 4 is 23.9 Å². The number of amidine groups is 1. The third-order valence-electron chi connectivity index (χ3n) is 4.32. The highest BCUT2D eigenvalue weighted by molar-refractivity contribution is 6.03. The molecule has 7 nitrogen and oxygen atoms in total.